The second-order valence-electron chi connectivity index (χ2n) is 28.9. The molecule has 0 aromatic heterocycles. The zero-order chi connectivity index (χ0) is 84.1. The second kappa shape index (κ2) is 40.9. The minimum Gasteiger partial charge on any atom is -0.394 e. The van der Waals surface area contributed by atoms with E-state index in [0.717, 1.165) is 34.6 Å². The zero-order valence-electron chi connectivity index (χ0n) is 61.9. The van der Waals surface area contributed by atoms with Crippen molar-refractivity contribution < 1.29 is 222 Å². The van der Waals surface area contributed by atoms with Crippen LogP contribution in [-0.4, -0.2) is 476 Å². The first-order chi connectivity index (χ1) is 53.8. The Morgan fingerprint density at radius 1 is 0.246 bits per heavy atom. The highest BCUT2D eigenvalue weighted by atomic mass is 16.8. The van der Waals surface area contributed by atoms with E-state index >= 15 is 0 Å². The maximum absolute atomic E-state index is 13.2. The number of carbonyl (C=O) groups excluding carboxylic acids is 5. The molecule has 9 fully saturated rings. The first-order valence-corrected chi connectivity index (χ1v) is 36.5. The molecular formula is C64H107N5O45. The Morgan fingerprint density at radius 2 is 0.544 bits per heavy atom. The van der Waals surface area contributed by atoms with Crippen molar-refractivity contribution in [1.29, 1.82) is 0 Å². The van der Waals surface area contributed by atoms with Crippen LogP contribution in [0.1, 0.15) is 41.5 Å². The van der Waals surface area contributed by atoms with Crippen LogP contribution in [-0.2, 0) is 104 Å². The number of hydrogen-bond donors (Lipinski definition) is 28. The number of nitrogens with one attached hydrogen (secondary N) is 5. The van der Waals surface area contributed by atoms with E-state index in [9.17, 15) is 141 Å². The molecule has 0 spiro atoms. The van der Waals surface area contributed by atoms with Gasteiger partial charge in [-0.05, 0) is 6.92 Å². The molecule has 9 heterocycles. The van der Waals surface area contributed by atoms with Crippen molar-refractivity contribution in [2.45, 2.75) is 318 Å². The Kier molecular flexibility index (Phi) is 33.6. The maximum Gasteiger partial charge on any atom is 0.217 e. The number of amides is 5. The molecule has 5 amide bonds. The fourth-order valence-corrected chi connectivity index (χ4v) is 14.7. The average Bonchev–Trinajstić information content (AvgIpc) is 0.771. The highest BCUT2D eigenvalue weighted by molar-refractivity contribution is 5.75. The Labute approximate surface area is 646 Å². The fraction of sp³-hybridized carbons (Fsp3) is 0.922. The van der Waals surface area contributed by atoms with Gasteiger partial charge in [0.15, 0.2) is 56.6 Å². The molecule has 114 heavy (non-hydrogen) atoms. The molecule has 9 saturated heterocycles. The van der Waals surface area contributed by atoms with Crippen LogP contribution in [0.25, 0.3) is 0 Å². The molecule has 9 rings (SSSR count). The van der Waals surface area contributed by atoms with Crippen LogP contribution in [0.3, 0.4) is 0 Å². The normalized spacial score (nSPS) is 48.2. The maximum atomic E-state index is 13.2. The fourth-order valence-electron chi connectivity index (χ4n) is 14.7. The van der Waals surface area contributed by atoms with Gasteiger partial charge in [-0.1, -0.05) is 0 Å². The van der Waals surface area contributed by atoms with Gasteiger partial charge in [-0.25, -0.2) is 0 Å². The second-order valence-corrected chi connectivity index (χ2v) is 28.9. The molecule has 28 N–H and O–H groups in total. The smallest absolute Gasteiger partial charge is 0.217 e. The van der Waals surface area contributed by atoms with Crippen LogP contribution in [0, 0.1) is 0 Å². The molecule has 50 nitrogen and oxygen atoms in total. The largest absolute Gasteiger partial charge is 0.394 e. The monoisotopic (exact) mass is 1670 g/mol. The predicted octanol–water partition coefficient (Wildman–Crippen LogP) is -18.9. The molecule has 0 bridgehead atoms. The van der Waals surface area contributed by atoms with E-state index in [1.54, 1.807) is 0 Å². The summed E-state index contributed by atoms with van der Waals surface area (Å²) in [6.45, 7) is -2.37. The molecule has 0 aliphatic carbocycles. The van der Waals surface area contributed by atoms with E-state index in [1.807, 2.05) is 0 Å². The molecule has 45 atom stereocenters. The topological polar surface area (TPSA) is 768 Å². The van der Waals surface area contributed by atoms with Gasteiger partial charge < -0.3 is 225 Å². The number of ether oxygens (including phenoxy) is 17. The van der Waals surface area contributed by atoms with Crippen LogP contribution >= 0.6 is 0 Å². The number of aliphatic hydroxyl groups excluding tert-OH is 23. The molecular weight excluding hydrogens is 1560 g/mol. The first-order valence-electron chi connectivity index (χ1n) is 36.5. The van der Waals surface area contributed by atoms with Gasteiger partial charge in [-0.2, -0.15) is 0 Å². The van der Waals surface area contributed by atoms with Crippen LogP contribution < -0.4 is 26.6 Å². The lowest BCUT2D eigenvalue weighted by atomic mass is 9.93. The lowest BCUT2D eigenvalue weighted by Gasteiger charge is -2.51. The molecule has 0 aromatic rings. The summed E-state index contributed by atoms with van der Waals surface area (Å²) in [6, 6.07) is -9.06. The summed E-state index contributed by atoms with van der Waals surface area (Å²) in [5.74, 6) is -4.39. The summed E-state index contributed by atoms with van der Waals surface area (Å²) in [4.78, 5) is 63.4. The predicted molar refractivity (Wildman–Crippen MR) is 354 cm³/mol. The number of hydrogen-bond acceptors (Lipinski definition) is 45. The molecule has 9 aliphatic rings. The number of aliphatic hydroxyl groups is 23. The van der Waals surface area contributed by atoms with E-state index in [4.69, 9.17) is 80.5 Å². The van der Waals surface area contributed by atoms with Gasteiger partial charge in [0.25, 0.3) is 0 Å². The van der Waals surface area contributed by atoms with Crippen molar-refractivity contribution in [3.05, 3.63) is 0 Å². The minimum absolute atomic E-state index is 0.795. The molecule has 0 radical (unpaired) electrons. The Hall–Kier alpha value is -4.25. The van der Waals surface area contributed by atoms with Crippen LogP contribution in [0.15, 0.2) is 0 Å². The number of rotatable bonds is 29. The SMILES string of the molecule is CC(=O)N[C@@H]1[C@H](O[C@@H]2[C@@H](O[C@@H]3[C@H](O)[C@H](O[C@H]4[C@H](O)[C@@H](NC(C)=O)[C@H](O[C@H]5[C@H](O)[C@@H](NC(C)=O)[C@H](O)O[C@@H]5CO[C@H]5O[C@H](C)[C@H](O)[C@H](O)[C@H]5O)O[C@@H]4CO)O[C@H](CO[C@H]4O[C@H](CO)[C@@H](O)[C@H](O)[C@@H]4O[C@@H]4O[C@H](CO)[C@@H](O[C@@H]5O[C@H](CO)[C@@H](O)[C@H](O)[C@H]5NC(C)=O)[C@H](O)[C@H]4NC(C)=O)[C@H]3O)O[C@H](CO)[C@@H](O)[C@@H]2O)O[C@H](CO)[C@@H](O)[C@@H]1O. The summed E-state index contributed by atoms with van der Waals surface area (Å²) in [5.41, 5.74) is 0. The summed E-state index contributed by atoms with van der Waals surface area (Å²) in [6.07, 6.45) is -81.1. The van der Waals surface area contributed by atoms with E-state index in [0.29, 0.717) is 0 Å². The summed E-state index contributed by atoms with van der Waals surface area (Å²) < 4.78 is 102. The summed E-state index contributed by atoms with van der Waals surface area (Å²) in [5, 5.41) is 269. The van der Waals surface area contributed by atoms with E-state index in [-0.39, 0.29) is 0 Å². The van der Waals surface area contributed by atoms with Gasteiger partial charge in [-0.3, -0.25) is 24.0 Å². The van der Waals surface area contributed by atoms with Gasteiger partial charge in [-0.15, -0.1) is 0 Å². The van der Waals surface area contributed by atoms with Crippen molar-refractivity contribution in [2.75, 3.05) is 52.9 Å². The minimum atomic E-state index is -2.56. The van der Waals surface area contributed by atoms with Crippen molar-refractivity contribution in [3.8, 4) is 0 Å². The van der Waals surface area contributed by atoms with Gasteiger partial charge >= 0.3 is 0 Å². The quantitative estimate of drug-likeness (QED) is 0.0331. The third kappa shape index (κ3) is 21.0. The van der Waals surface area contributed by atoms with Crippen molar-refractivity contribution in [2.24, 2.45) is 0 Å². The summed E-state index contributed by atoms with van der Waals surface area (Å²) in [7, 11) is 0. The first kappa shape index (κ1) is 93.6. The lowest BCUT2D eigenvalue weighted by molar-refractivity contribution is -0.396. The molecule has 50 heteroatoms. The van der Waals surface area contributed by atoms with Gasteiger partial charge in [0, 0.05) is 34.6 Å². The van der Waals surface area contributed by atoms with Crippen molar-refractivity contribution in [3.63, 3.8) is 0 Å². The Bertz CT molecular complexity index is 3080. The lowest BCUT2D eigenvalue weighted by Crippen LogP contribution is -2.71. The van der Waals surface area contributed by atoms with Crippen molar-refractivity contribution >= 4 is 29.5 Å². The Balaban J connectivity index is 1.05. The van der Waals surface area contributed by atoms with Crippen molar-refractivity contribution in [1.82, 2.24) is 26.6 Å². The molecule has 658 valence electrons. The third-order valence-corrected chi connectivity index (χ3v) is 20.7. The molecule has 9 aliphatic heterocycles. The molecule has 0 aromatic carbocycles. The average molecular weight is 1670 g/mol. The van der Waals surface area contributed by atoms with E-state index < -0.39 is 358 Å². The highest BCUT2D eigenvalue weighted by Crippen LogP contribution is 2.40. The van der Waals surface area contributed by atoms with Crippen LogP contribution in [0.4, 0.5) is 0 Å². The zero-order valence-corrected chi connectivity index (χ0v) is 61.9. The van der Waals surface area contributed by atoms with E-state index in [2.05, 4.69) is 26.6 Å². The van der Waals surface area contributed by atoms with Gasteiger partial charge in [0.1, 0.15) is 213 Å². The number of carbonyl (C=O) groups is 5. The summed E-state index contributed by atoms with van der Waals surface area (Å²) >= 11 is 0. The third-order valence-electron chi connectivity index (χ3n) is 20.7. The standard InChI is InChI=1S/C64H107N5O45/c1-15-34(81)45(92)48(95)61(100-15)98-14-28-52(42(89)29(56(97)101-28)65-16(2)76)110-59-32(68-19(5)79)44(91)51(26(12-75)106-59)111-62-49(96)53(112-64-55(47(94)38(85)24(10-73)105-64)114-58-31(67-18(4)78)41(88)36(83)22(8-71)103-58)39(86)27(108-62)13-99-63-54(46(93)37(84)23(9-72)104-63)113-60-33(69-20(6)80)43(90)50(25(11-74)107-60)109-57-30(66-17(3)77)40(87)35(82)21(7-70)102-57/h15,21-64,70-75,81-97H,7-14H2,1-6H3,(H,65,76)(H,66,77)(H,67,78)(H,68,79)(H,69,80)/t15-,21-,22-,23-,24-,25-,26-,27-,28-,29-,30-,31+,32-,33-,34+,35-,36-,37-,38-,39-,40-,41-,42-,43-,44-,45+,46+,47+,48-,49+,50-,51-,52-,53+,54+,55+,56-,57+,58+,59+,60+,61+,62+,63+,64-/m1/s1. The molecule has 0 saturated carbocycles. The highest BCUT2D eigenvalue weighted by Gasteiger charge is 2.61. The van der Waals surface area contributed by atoms with Crippen LogP contribution in [0.2, 0.25) is 0 Å². The van der Waals surface area contributed by atoms with E-state index in [1.165, 1.54) is 6.92 Å². The van der Waals surface area contributed by atoms with Gasteiger partial charge in [0.05, 0.1) is 59.0 Å². The molecule has 0 unspecified atom stereocenters. The van der Waals surface area contributed by atoms with Crippen LogP contribution in [0.5, 0.6) is 0 Å². The Morgan fingerprint density at radius 3 is 0.956 bits per heavy atom. The van der Waals surface area contributed by atoms with Gasteiger partial charge in [0.2, 0.25) is 29.5 Å².